The van der Waals surface area contributed by atoms with Crippen molar-refractivity contribution in [3.8, 4) is 0 Å². The smallest absolute Gasteiger partial charge is 0.200 e. The van der Waals surface area contributed by atoms with E-state index in [2.05, 4.69) is 27.0 Å². The molecule has 0 aliphatic heterocycles. The molecule has 2 aromatic heterocycles. The Kier molecular flexibility index (Phi) is 2.60. The van der Waals surface area contributed by atoms with Crippen LogP contribution in [-0.4, -0.2) is 9.55 Å². The van der Waals surface area contributed by atoms with Gasteiger partial charge < -0.3 is 10.3 Å². The Hall–Kier alpha value is -0.810. The fraction of sp³-hybridized carbons (Fsp3) is 0.222. The summed E-state index contributed by atoms with van der Waals surface area (Å²) in [6.07, 6.45) is 1.79. The Balaban J connectivity index is 2.26. The minimum atomic E-state index is 0.576. The van der Waals surface area contributed by atoms with Gasteiger partial charge in [-0.3, -0.25) is 0 Å². The van der Waals surface area contributed by atoms with Crippen molar-refractivity contribution in [2.24, 2.45) is 0 Å². The van der Waals surface area contributed by atoms with Crippen molar-refractivity contribution in [2.75, 3.05) is 5.73 Å². The third kappa shape index (κ3) is 1.83. The number of aryl methyl sites for hydroxylation is 1. The third-order valence-corrected chi connectivity index (χ3v) is 3.64. The SMILES string of the molecule is Cc1cnc(N)n1Cc1ccc(Br)s1. The Morgan fingerprint density at radius 2 is 2.36 bits per heavy atom. The monoisotopic (exact) mass is 271 g/mol. The molecule has 14 heavy (non-hydrogen) atoms. The molecule has 2 N–H and O–H groups in total. The van der Waals surface area contributed by atoms with E-state index in [9.17, 15) is 0 Å². The van der Waals surface area contributed by atoms with Crippen LogP contribution < -0.4 is 5.73 Å². The molecular formula is C9H10BrN3S. The lowest BCUT2D eigenvalue weighted by molar-refractivity contribution is 0.794. The number of imidazole rings is 1. The summed E-state index contributed by atoms with van der Waals surface area (Å²) in [6, 6.07) is 4.14. The topological polar surface area (TPSA) is 43.8 Å². The summed E-state index contributed by atoms with van der Waals surface area (Å²) in [6.45, 7) is 2.81. The highest BCUT2D eigenvalue weighted by molar-refractivity contribution is 9.11. The number of anilines is 1. The summed E-state index contributed by atoms with van der Waals surface area (Å²) < 4.78 is 3.14. The molecule has 0 bridgehead atoms. The van der Waals surface area contributed by atoms with Crippen LogP contribution >= 0.6 is 27.3 Å². The number of rotatable bonds is 2. The molecule has 0 aromatic carbocycles. The van der Waals surface area contributed by atoms with E-state index in [1.54, 1.807) is 17.5 Å². The number of nitrogens with zero attached hydrogens (tertiary/aromatic N) is 2. The van der Waals surface area contributed by atoms with Gasteiger partial charge in [-0.1, -0.05) is 0 Å². The second kappa shape index (κ2) is 3.74. The van der Waals surface area contributed by atoms with E-state index in [1.807, 2.05) is 17.6 Å². The van der Waals surface area contributed by atoms with Crippen molar-refractivity contribution < 1.29 is 0 Å². The van der Waals surface area contributed by atoms with Gasteiger partial charge in [0.15, 0.2) is 0 Å². The van der Waals surface area contributed by atoms with Gasteiger partial charge in [0.05, 0.1) is 16.5 Å². The van der Waals surface area contributed by atoms with E-state index in [0.29, 0.717) is 5.95 Å². The molecule has 5 heteroatoms. The second-order valence-electron chi connectivity index (χ2n) is 3.05. The van der Waals surface area contributed by atoms with E-state index < -0.39 is 0 Å². The van der Waals surface area contributed by atoms with Crippen molar-refractivity contribution in [3.05, 3.63) is 32.7 Å². The first-order valence-electron chi connectivity index (χ1n) is 4.18. The summed E-state index contributed by atoms with van der Waals surface area (Å²) in [4.78, 5) is 5.32. The molecule has 0 amide bonds. The van der Waals surface area contributed by atoms with Crippen molar-refractivity contribution in [1.82, 2.24) is 9.55 Å². The quantitative estimate of drug-likeness (QED) is 0.913. The molecule has 0 spiro atoms. The maximum atomic E-state index is 5.74. The van der Waals surface area contributed by atoms with E-state index in [-0.39, 0.29) is 0 Å². The average Bonchev–Trinajstić information content (AvgIpc) is 2.67. The first kappa shape index (κ1) is 9.73. The fourth-order valence-electron chi connectivity index (χ4n) is 1.28. The number of hydrogen-bond donors (Lipinski definition) is 1. The normalized spacial score (nSPS) is 10.7. The zero-order valence-corrected chi connectivity index (χ0v) is 10.1. The van der Waals surface area contributed by atoms with Gasteiger partial charge in [-0.2, -0.15) is 0 Å². The number of thiophene rings is 1. The minimum Gasteiger partial charge on any atom is -0.369 e. The van der Waals surface area contributed by atoms with Gasteiger partial charge in [0.2, 0.25) is 5.95 Å². The van der Waals surface area contributed by atoms with Gasteiger partial charge in [-0.25, -0.2) is 4.98 Å². The van der Waals surface area contributed by atoms with Crippen LogP contribution in [0.4, 0.5) is 5.95 Å². The van der Waals surface area contributed by atoms with Crippen LogP contribution in [0.15, 0.2) is 22.1 Å². The van der Waals surface area contributed by atoms with Crippen molar-refractivity contribution in [3.63, 3.8) is 0 Å². The van der Waals surface area contributed by atoms with E-state index in [0.717, 1.165) is 16.0 Å². The maximum Gasteiger partial charge on any atom is 0.200 e. The number of halogens is 1. The predicted octanol–water partition coefficient (Wildman–Crippen LogP) is 2.65. The zero-order chi connectivity index (χ0) is 10.1. The van der Waals surface area contributed by atoms with Gasteiger partial charge in [0, 0.05) is 10.6 Å². The molecule has 0 aliphatic carbocycles. The molecule has 0 saturated carbocycles. The fourth-order valence-corrected chi connectivity index (χ4v) is 2.75. The number of hydrogen-bond acceptors (Lipinski definition) is 3. The van der Waals surface area contributed by atoms with Crippen LogP contribution in [0.5, 0.6) is 0 Å². The summed E-state index contributed by atoms with van der Waals surface area (Å²) in [7, 11) is 0. The average molecular weight is 272 g/mol. The van der Waals surface area contributed by atoms with Crippen LogP contribution in [0.3, 0.4) is 0 Å². The lowest BCUT2D eigenvalue weighted by Gasteiger charge is -2.04. The van der Waals surface area contributed by atoms with E-state index in [1.165, 1.54) is 4.88 Å². The van der Waals surface area contributed by atoms with Crippen molar-refractivity contribution in [1.29, 1.82) is 0 Å². The van der Waals surface area contributed by atoms with E-state index >= 15 is 0 Å². The second-order valence-corrected chi connectivity index (χ2v) is 5.60. The molecule has 0 aliphatic rings. The molecule has 2 heterocycles. The molecule has 0 radical (unpaired) electrons. The van der Waals surface area contributed by atoms with E-state index in [4.69, 9.17) is 5.73 Å². The maximum absolute atomic E-state index is 5.74. The van der Waals surface area contributed by atoms with Crippen LogP contribution in [0.25, 0.3) is 0 Å². The number of aromatic nitrogens is 2. The summed E-state index contributed by atoms with van der Waals surface area (Å²) >= 11 is 5.15. The summed E-state index contributed by atoms with van der Waals surface area (Å²) in [5.41, 5.74) is 6.83. The Morgan fingerprint density at radius 3 is 2.86 bits per heavy atom. The van der Waals surface area contributed by atoms with Gasteiger partial charge in [0.25, 0.3) is 0 Å². The lowest BCUT2D eigenvalue weighted by Crippen LogP contribution is -2.04. The molecule has 74 valence electrons. The molecule has 0 saturated heterocycles. The Labute approximate surface area is 94.7 Å². The molecule has 3 nitrogen and oxygen atoms in total. The van der Waals surface area contributed by atoms with Crippen LogP contribution in [0.1, 0.15) is 10.6 Å². The van der Waals surface area contributed by atoms with Gasteiger partial charge in [-0.05, 0) is 35.0 Å². The van der Waals surface area contributed by atoms with Gasteiger partial charge >= 0.3 is 0 Å². The Bertz CT molecular complexity index is 427. The molecule has 2 aromatic rings. The first-order valence-corrected chi connectivity index (χ1v) is 5.79. The highest BCUT2D eigenvalue weighted by atomic mass is 79.9. The summed E-state index contributed by atoms with van der Waals surface area (Å²) in [5, 5.41) is 0. The lowest BCUT2D eigenvalue weighted by atomic mass is 10.4. The standard InChI is InChI=1S/C9H10BrN3S/c1-6-4-12-9(11)13(6)5-7-2-3-8(10)14-7/h2-4H,5H2,1H3,(H2,11,12). The van der Waals surface area contributed by atoms with Crippen LogP contribution in [0.2, 0.25) is 0 Å². The molecule has 0 fully saturated rings. The van der Waals surface area contributed by atoms with Crippen molar-refractivity contribution >= 4 is 33.2 Å². The predicted molar refractivity (Wildman–Crippen MR) is 62.5 cm³/mol. The molecular weight excluding hydrogens is 262 g/mol. The largest absolute Gasteiger partial charge is 0.369 e. The highest BCUT2D eigenvalue weighted by Crippen LogP contribution is 2.23. The van der Waals surface area contributed by atoms with Gasteiger partial charge in [0.1, 0.15) is 0 Å². The minimum absolute atomic E-state index is 0.576. The third-order valence-electron chi connectivity index (χ3n) is 2.03. The first-order chi connectivity index (χ1) is 6.66. The summed E-state index contributed by atoms with van der Waals surface area (Å²) in [5.74, 6) is 0.576. The highest BCUT2D eigenvalue weighted by Gasteiger charge is 2.05. The van der Waals surface area contributed by atoms with Crippen LogP contribution in [-0.2, 0) is 6.54 Å². The number of nitrogen functional groups attached to an aromatic ring is 1. The van der Waals surface area contributed by atoms with Gasteiger partial charge in [-0.15, -0.1) is 11.3 Å². The molecule has 0 atom stereocenters. The number of nitrogens with two attached hydrogens (primary N) is 1. The van der Waals surface area contributed by atoms with Crippen LogP contribution in [0, 0.1) is 6.92 Å². The zero-order valence-electron chi connectivity index (χ0n) is 7.70. The molecule has 0 unspecified atom stereocenters. The Morgan fingerprint density at radius 1 is 1.57 bits per heavy atom. The molecule has 2 rings (SSSR count). The van der Waals surface area contributed by atoms with Crippen molar-refractivity contribution in [2.45, 2.75) is 13.5 Å².